The molecule has 0 saturated heterocycles. The number of nitrogens with zero attached hydrogens (tertiary/aromatic N) is 1. The van der Waals surface area contributed by atoms with Gasteiger partial charge in [0.15, 0.2) is 0 Å². The molecule has 28 heavy (non-hydrogen) atoms. The predicted octanol–water partition coefficient (Wildman–Crippen LogP) is 4.26. The van der Waals surface area contributed by atoms with Gasteiger partial charge in [-0.15, -0.1) is 0 Å². The Morgan fingerprint density at radius 1 is 1.00 bits per heavy atom. The van der Waals surface area contributed by atoms with E-state index in [1.54, 1.807) is 6.92 Å². The Morgan fingerprint density at radius 2 is 1.57 bits per heavy atom. The minimum atomic E-state index is -1.06. The van der Waals surface area contributed by atoms with E-state index < -0.39 is 18.1 Å². The van der Waals surface area contributed by atoms with Gasteiger partial charge in [-0.3, -0.25) is 4.99 Å². The first-order valence-corrected chi connectivity index (χ1v) is 8.93. The number of aryl methyl sites for hydroxylation is 1. The minimum absolute atomic E-state index is 0.00819. The monoisotopic (exact) mass is 374 g/mol. The third kappa shape index (κ3) is 4.27. The molecule has 0 fully saturated rings. The topological polar surface area (TPSA) is 95.9 Å². The van der Waals surface area contributed by atoms with Crippen molar-refractivity contribution in [1.29, 1.82) is 0 Å². The highest BCUT2D eigenvalue weighted by atomic mass is 16.4. The molecular formula is C23H22N2O3. The maximum absolute atomic E-state index is 11.3. The molecule has 142 valence electrons. The van der Waals surface area contributed by atoms with Crippen LogP contribution in [-0.4, -0.2) is 22.4 Å². The van der Waals surface area contributed by atoms with Gasteiger partial charge in [0.05, 0.1) is 17.6 Å². The molecule has 2 unspecified atom stereocenters. The second kappa shape index (κ2) is 8.50. The first-order chi connectivity index (χ1) is 13.5. The largest absolute Gasteiger partial charge is 0.507 e. The molecule has 0 spiro atoms. The van der Waals surface area contributed by atoms with Gasteiger partial charge in [-0.25, -0.2) is 4.79 Å². The third-order valence-electron chi connectivity index (χ3n) is 4.62. The van der Waals surface area contributed by atoms with Gasteiger partial charge < -0.3 is 15.9 Å². The van der Waals surface area contributed by atoms with Crippen molar-refractivity contribution < 1.29 is 15.0 Å². The number of nitrogens with two attached hydrogens (primary N) is 1. The van der Waals surface area contributed by atoms with Crippen LogP contribution < -0.4 is 5.73 Å². The summed E-state index contributed by atoms with van der Waals surface area (Å²) in [6, 6.07) is 21.4. The molecule has 0 radical (unpaired) electrons. The van der Waals surface area contributed by atoms with Crippen LogP contribution >= 0.6 is 0 Å². The highest BCUT2D eigenvalue weighted by Gasteiger charge is 2.20. The Bertz CT molecular complexity index is 985. The first kappa shape index (κ1) is 19.3. The lowest BCUT2D eigenvalue weighted by molar-refractivity contribution is 0.0696. The zero-order valence-electron chi connectivity index (χ0n) is 15.5. The smallest absolute Gasteiger partial charge is 0.335 e. The summed E-state index contributed by atoms with van der Waals surface area (Å²) in [5, 5.41) is 19.6. The van der Waals surface area contributed by atoms with E-state index in [9.17, 15) is 15.0 Å². The van der Waals surface area contributed by atoms with Gasteiger partial charge >= 0.3 is 5.97 Å². The van der Waals surface area contributed by atoms with Crippen molar-refractivity contribution in [2.45, 2.75) is 19.0 Å². The van der Waals surface area contributed by atoms with Crippen LogP contribution in [0.1, 0.15) is 44.7 Å². The molecule has 3 rings (SSSR count). The highest BCUT2D eigenvalue weighted by molar-refractivity contribution is 5.93. The summed E-state index contributed by atoms with van der Waals surface area (Å²) < 4.78 is 0. The van der Waals surface area contributed by atoms with E-state index in [0.29, 0.717) is 11.1 Å². The van der Waals surface area contributed by atoms with Crippen molar-refractivity contribution in [3.63, 3.8) is 0 Å². The lowest BCUT2D eigenvalue weighted by atomic mass is 9.94. The molecule has 3 aromatic rings. The molecule has 0 aliphatic carbocycles. The fourth-order valence-electron chi connectivity index (χ4n) is 3.08. The summed E-state index contributed by atoms with van der Waals surface area (Å²) in [5.74, 6) is -1.05. The Balaban J connectivity index is 2.02. The van der Waals surface area contributed by atoms with Gasteiger partial charge in [0.1, 0.15) is 5.75 Å². The van der Waals surface area contributed by atoms with E-state index in [1.807, 2.05) is 60.7 Å². The maximum Gasteiger partial charge on any atom is 0.335 e. The Hall–Kier alpha value is -3.44. The summed E-state index contributed by atoms with van der Waals surface area (Å²) in [4.78, 5) is 16.0. The van der Waals surface area contributed by atoms with E-state index in [4.69, 9.17) is 5.73 Å². The van der Waals surface area contributed by atoms with Crippen LogP contribution in [0.2, 0.25) is 0 Å². The average Bonchev–Trinajstić information content (AvgIpc) is 2.72. The standard InChI is InChI=1S/C23H22N2O3/c1-15-12-18(23(27)28)13-19(22(15)26)14-25-21(17-10-6-3-7-11-17)20(24)16-8-4-2-5-9-16/h2-14,20-21,26H,24H2,1H3,(H,27,28). The van der Waals surface area contributed by atoms with Crippen LogP contribution in [0.5, 0.6) is 5.75 Å². The number of aliphatic imine (C=N–C) groups is 1. The number of carboxylic acids is 1. The molecule has 0 heterocycles. The molecule has 0 aliphatic heterocycles. The van der Waals surface area contributed by atoms with Crippen LogP contribution in [0.4, 0.5) is 0 Å². The fraction of sp³-hybridized carbons (Fsp3) is 0.130. The van der Waals surface area contributed by atoms with E-state index in [2.05, 4.69) is 4.99 Å². The number of carbonyl (C=O) groups is 1. The van der Waals surface area contributed by atoms with Crippen molar-refractivity contribution in [1.82, 2.24) is 0 Å². The van der Waals surface area contributed by atoms with Crippen LogP contribution in [0, 0.1) is 6.92 Å². The van der Waals surface area contributed by atoms with Gasteiger partial charge in [-0.1, -0.05) is 60.7 Å². The number of carboxylic acid groups (broad SMARTS) is 1. The molecule has 5 nitrogen and oxygen atoms in total. The third-order valence-corrected chi connectivity index (χ3v) is 4.62. The minimum Gasteiger partial charge on any atom is -0.507 e. The lowest BCUT2D eigenvalue weighted by Gasteiger charge is -2.21. The number of phenolic OH excluding ortho intramolecular Hbond substituents is 1. The summed E-state index contributed by atoms with van der Waals surface area (Å²) in [7, 11) is 0. The van der Waals surface area contributed by atoms with Crippen molar-refractivity contribution in [3.05, 3.63) is 101 Å². The second-order valence-electron chi connectivity index (χ2n) is 6.61. The zero-order valence-corrected chi connectivity index (χ0v) is 15.5. The van der Waals surface area contributed by atoms with E-state index in [1.165, 1.54) is 18.3 Å². The normalized spacial score (nSPS) is 13.4. The van der Waals surface area contributed by atoms with Crippen molar-refractivity contribution >= 4 is 12.2 Å². The van der Waals surface area contributed by atoms with Gasteiger partial charge in [0.2, 0.25) is 0 Å². The molecule has 0 saturated carbocycles. The van der Waals surface area contributed by atoms with Crippen LogP contribution in [0.25, 0.3) is 0 Å². The molecule has 0 amide bonds. The fourth-order valence-corrected chi connectivity index (χ4v) is 3.08. The quantitative estimate of drug-likeness (QED) is 0.562. The SMILES string of the molecule is Cc1cc(C(=O)O)cc(C=NC(c2ccccc2)C(N)c2ccccc2)c1O. The Morgan fingerprint density at radius 3 is 2.14 bits per heavy atom. The van der Waals surface area contributed by atoms with E-state index in [-0.39, 0.29) is 11.3 Å². The molecule has 4 N–H and O–H groups in total. The lowest BCUT2D eigenvalue weighted by Crippen LogP contribution is -2.18. The second-order valence-corrected chi connectivity index (χ2v) is 6.61. The van der Waals surface area contributed by atoms with Crippen LogP contribution in [0.15, 0.2) is 77.8 Å². The summed E-state index contributed by atoms with van der Waals surface area (Å²) in [6.45, 7) is 1.66. The summed E-state index contributed by atoms with van der Waals surface area (Å²) in [5.41, 5.74) is 9.30. The number of rotatable bonds is 6. The highest BCUT2D eigenvalue weighted by Crippen LogP contribution is 2.31. The van der Waals surface area contributed by atoms with Gasteiger partial charge in [-0.2, -0.15) is 0 Å². The zero-order chi connectivity index (χ0) is 20.1. The van der Waals surface area contributed by atoms with Gasteiger partial charge in [0, 0.05) is 11.8 Å². The average molecular weight is 374 g/mol. The van der Waals surface area contributed by atoms with Crippen molar-refractivity contribution in [2.75, 3.05) is 0 Å². The number of benzene rings is 3. The Kier molecular flexibility index (Phi) is 5.87. The molecular weight excluding hydrogens is 352 g/mol. The van der Waals surface area contributed by atoms with Crippen molar-refractivity contribution in [2.24, 2.45) is 10.7 Å². The first-order valence-electron chi connectivity index (χ1n) is 8.93. The molecule has 5 heteroatoms. The summed E-state index contributed by atoms with van der Waals surface area (Å²) >= 11 is 0. The van der Waals surface area contributed by atoms with E-state index >= 15 is 0 Å². The predicted molar refractivity (Wildman–Crippen MR) is 110 cm³/mol. The Labute approximate surface area is 163 Å². The number of hydrogen-bond acceptors (Lipinski definition) is 4. The summed E-state index contributed by atoms with van der Waals surface area (Å²) in [6.07, 6.45) is 1.50. The molecule has 0 aromatic heterocycles. The molecule has 0 aliphatic rings. The molecule has 3 aromatic carbocycles. The van der Waals surface area contributed by atoms with Crippen molar-refractivity contribution in [3.8, 4) is 5.75 Å². The molecule has 2 atom stereocenters. The van der Waals surface area contributed by atoms with Gasteiger partial charge in [-0.05, 0) is 35.7 Å². The number of aromatic carboxylic acids is 1. The number of aromatic hydroxyl groups is 1. The van der Waals surface area contributed by atoms with E-state index in [0.717, 1.165) is 11.1 Å². The van der Waals surface area contributed by atoms with Gasteiger partial charge in [0.25, 0.3) is 0 Å². The number of hydrogen-bond donors (Lipinski definition) is 3. The molecule has 0 bridgehead atoms. The van der Waals surface area contributed by atoms with Crippen LogP contribution in [-0.2, 0) is 0 Å². The number of phenols is 1. The maximum atomic E-state index is 11.3. The van der Waals surface area contributed by atoms with Crippen LogP contribution in [0.3, 0.4) is 0 Å².